The molecular weight excluding hydrogens is 424 g/mol. The van der Waals surface area contributed by atoms with Gasteiger partial charge in [-0.15, -0.1) is 0 Å². The first-order valence-corrected chi connectivity index (χ1v) is 11.3. The lowest BCUT2D eigenvalue weighted by Crippen LogP contribution is -2.40. The molecule has 1 atom stereocenters. The maximum atomic E-state index is 12.9. The van der Waals surface area contributed by atoms with Crippen LogP contribution in [-0.2, 0) is 24.4 Å². The summed E-state index contributed by atoms with van der Waals surface area (Å²) < 4.78 is 7.30. The number of nitrogens with zero attached hydrogens (tertiary/aromatic N) is 3. The molecule has 7 heteroatoms. The minimum Gasteiger partial charge on any atom is -0.376 e. The lowest BCUT2D eigenvalue weighted by atomic mass is 10.1. The summed E-state index contributed by atoms with van der Waals surface area (Å²) in [5, 5.41) is 7.84. The molecule has 0 bridgehead atoms. The van der Waals surface area contributed by atoms with E-state index in [2.05, 4.69) is 34.4 Å². The number of benzene rings is 2. The van der Waals surface area contributed by atoms with Gasteiger partial charge in [-0.3, -0.25) is 9.69 Å². The minimum atomic E-state index is -0.209. The monoisotopic (exact) mass is 452 g/mol. The highest BCUT2D eigenvalue weighted by Gasteiger charge is 2.20. The number of hydrogen-bond acceptors (Lipinski definition) is 4. The normalized spacial score (nSPS) is 16.8. The van der Waals surface area contributed by atoms with Crippen LogP contribution >= 0.6 is 11.6 Å². The molecule has 3 aromatic rings. The third-order valence-corrected chi connectivity index (χ3v) is 6.03. The Bertz CT molecular complexity index is 1070. The number of carbonyl (C=O) groups excluding carboxylic acids is 1. The van der Waals surface area contributed by atoms with Crippen molar-refractivity contribution in [1.29, 1.82) is 0 Å². The molecule has 4 rings (SSSR count). The van der Waals surface area contributed by atoms with Crippen molar-refractivity contribution in [2.24, 2.45) is 0 Å². The summed E-state index contributed by atoms with van der Waals surface area (Å²) in [4.78, 5) is 15.3. The van der Waals surface area contributed by atoms with Crippen molar-refractivity contribution < 1.29 is 9.53 Å². The van der Waals surface area contributed by atoms with Gasteiger partial charge in [-0.25, -0.2) is 4.68 Å². The summed E-state index contributed by atoms with van der Waals surface area (Å²) in [5.74, 6) is -0.209. The largest absolute Gasteiger partial charge is 0.376 e. The van der Waals surface area contributed by atoms with Gasteiger partial charge >= 0.3 is 0 Å². The standard InChI is InChI=1S/C25H29ClN4O2/c1-18-15-29(11-12-32-18)16-22-10-6-9-21(13-22)14-27-25(31)23-19(2)28-30(24(23)26)17-20-7-4-3-5-8-20/h3-10,13,18H,11-12,14-17H2,1-2H3,(H,27,31). The Morgan fingerprint density at radius 2 is 1.88 bits per heavy atom. The Morgan fingerprint density at radius 1 is 1.12 bits per heavy atom. The first kappa shape index (κ1) is 22.5. The Morgan fingerprint density at radius 3 is 2.66 bits per heavy atom. The van der Waals surface area contributed by atoms with Crippen LogP contribution in [0, 0.1) is 6.92 Å². The summed E-state index contributed by atoms with van der Waals surface area (Å²) in [7, 11) is 0. The Labute approximate surface area is 194 Å². The van der Waals surface area contributed by atoms with E-state index in [0.29, 0.717) is 29.5 Å². The van der Waals surface area contributed by atoms with Gasteiger partial charge in [0.25, 0.3) is 5.91 Å². The van der Waals surface area contributed by atoms with Crippen molar-refractivity contribution in [1.82, 2.24) is 20.0 Å². The average molecular weight is 453 g/mol. The fraction of sp³-hybridized carbons (Fsp3) is 0.360. The van der Waals surface area contributed by atoms with Gasteiger partial charge in [0.15, 0.2) is 0 Å². The average Bonchev–Trinajstić information content (AvgIpc) is 3.06. The van der Waals surface area contributed by atoms with E-state index in [0.717, 1.165) is 37.4 Å². The van der Waals surface area contributed by atoms with E-state index in [1.54, 1.807) is 4.68 Å². The minimum absolute atomic E-state index is 0.209. The second kappa shape index (κ2) is 10.3. The molecule has 1 saturated heterocycles. The molecular formula is C25H29ClN4O2. The first-order chi connectivity index (χ1) is 15.5. The predicted octanol–water partition coefficient (Wildman–Crippen LogP) is 4.04. The quantitative estimate of drug-likeness (QED) is 0.587. The van der Waals surface area contributed by atoms with E-state index >= 15 is 0 Å². The van der Waals surface area contributed by atoms with E-state index in [1.807, 2.05) is 49.4 Å². The number of aryl methyl sites for hydroxylation is 1. The molecule has 2 heterocycles. The zero-order valence-corrected chi connectivity index (χ0v) is 19.3. The summed E-state index contributed by atoms with van der Waals surface area (Å²) in [6, 6.07) is 18.3. The van der Waals surface area contributed by atoms with Crippen LogP contribution in [0.4, 0.5) is 0 Å². The van der Waals surface area contributed by atoms with Crippen molar-refractivity contribution in [2.75, 3.05) is 19.7 Å². The van der Waals surface area contributed by atoms with Gasteiger partial charge in [-0.1, -0.05) is 66.2 Å². The molecule has 168 valence electrons. The maximum absolute atomic E-state index is 12.9. The molecule has 0 saturated carbocycles. The van der Waals surface area contributed by atoms with Crippen LogP contribution in [0.2, 0.25) is 5.15 Å². The predicted molar refractivity (Wildman–Crippen MR) is 126 cm³/mol. The van der Waals surface area contributed by atoms with Crippen molar-refractivity contribution in [2.45, 2.75) is 39.6 Å². The van der Waals surface area contributed by atoms with Crippen LogP contribution in [0.1, 0.15) is 39.7 Å². The van der Waals surface area contributed by atoms with Crippen LogP contribution in [0.25, 0.3) is 0 Å². The molecule has 0 spiro atoms. The topological polar surface area (TPSA) is 59.4 Å². The van der Waals surface area contributed by atoms with E-state index in [-0.39, 0.29) is 12.0 Å². The number of hydrogen-bond donors (Lipinski definition) is 1. The molecule has 1 N–H and O–H groups in total. The SMILES string of the molecule is Cc1nn(Cc2ccccc2)c(Cl)c1C(=O)NCc1cccc(CN2CCOC(C)C2)c1. The third kappa shape index (κ3) is 5.57. The number of rotatable bonds is 7. The van der Waals surface area contributed by atoms with Crippen LogP contribution in [0.3, 0.4) is 0 Å². The molecule has 2 aromatic carbocycles. The summed E-state index contributed by atoms with van der Waals surface area (Å²) >= 11 is 6.53. The smallest absolute Gasteiger partial charge is 0.256 e. The second-order valence-corrected chi connectivity index (χ2v) is 8.67. The number of amides is 1. The first-order valence-electron chi connectivity index (χ1n) is 11.0. The summed E-state index contributed by atoms with van der Waals surface area (Å²) in [6.45, 7) is 8.41. The molecule has 0 radical (unpaired) electrons. The second-order valence-electron chi connectivity index (χ2n) is 8.31. The molecule has 6 nitrogen and oxygen atoms in total. The molecule has 1 unspecified atom stereocenters. The van der Waals surface area contributed by atoms with Gasteiger partial charge in [0.05, 0.1) is 30.5 Å². The van der Waals surface area contributed by atoms with Crippen molar-refractivity contribution in [3.63, 3.8) is 0 Å². The number of morpholine rings is 1. The summed E-state index contributed by atoms with van der Waals surface area (Å²) in [5.41, 5.74) is 4.42. The molecule has 1 aliphatic rings. The van der Waals surface area contributed by atoms with Crippen LogP contribution < -0.4 is 5.32 Å². The number of nitrogens with one attached hydrogen (secondary N) is 1. The lowest BCUT2D eigenvalue weighted by Gasteiger charge is -2.31. The van der Waals surface area contributed by atoms with Crippen LogP contribution in [0.15, 0.2) is 54.6 Å². The number of aromatic nitrogens is 2. The van der Waals surface area contributed by atoms with E-state index in [4.69, 9.17) is 16.3 Å². The Hall–Kier alpha value is -2.67. The highest BCUT2D eigenvalue weighted by molar-refractivity contribution is 6.33. The Kier molecular flexibility index (Phi) is 7.25. The van der Waals surface area contributed by atoms with Crippen LogP contribution in [-0.4, -0.2) is 46.4 Å². The van der Waals surface area contributed by atoms with E-state index in [9.17, 15) is 4.79 Å². The van der Waals surface area contributed by atoms with Gasteiger partial charge in [0, 0.05) is 26.2 Å². The Balaban J connectivity index is 1.38. The van der Waals surface area contributed by atoms with Crippen molar-refractivity contribution >= 4 is 17.5 Å². The molecule has 1 fully saturated rings. The molecule has 32 heavy (non-hydrogen) atoms. The number of ether oxygens (including phenoxy) is 1. The highest BCUT2D eigenvalue weighted by Crippen LogP contribution is 2.21. The maximum Gasteiger partial charge on any atom is 0.256 e. The number of halogens is 1. The van der Waals surface area contributed by atoms with Gasteiger partial charge < -0.3 is 10.1 Å². The third-order valence-electron chi connectivity index (χ3n) is 5.64. The van der Waals surface area contributed by atoms with Gasteiger partial charge in [0.1, 0.15) is 5.15 Å². The van der Waals surface area contributed by atoms with Crippen LogP contribution in [0.5, 0.6) is 0 Å². The van der Waals surface area contributed by atoms with Crippen molar-refractivity contribution in [3.05, 3.63) is 87.7 Å². The fourth-order valence-corrected chi connectivity index (χ4v) is 4.39. The number of carbonyl (C=O) groups is 1. The van der Waals surface area contributed by atoms with Gasteiger partial charge in [0.2, 0.25) is 0 Å². The van der Waals surface area contributed by atoms with Gasteiger partial charge in [-0.2, -0.15) is 5.10 Å². The fourth-order valence-electron chi connectivity index (χ4n) is 4.07. The zero-order chi connectivity index (χ0) is 22.5. The zero-order valence-electron chi connectivity index (χ0n) is 18.6. The lowest BCUT2D eigenvalue weighted by molar-refractivity contribution is -0.0212. The van der Waals surface area contributed by atoms with Gasteiger partial charge in [-0.05, 0) is 30.5 Å². The molecule has 1 amide bonds. The van der Waals surface area contributed by atoms with E-state index in [1.165, 1.54) is 5.56 Å². The van der Waals surface area contributed by atoms with E-state index < -0.39 is 0 Å². The highest BCUT2D eigenvalue weighted by atomic mass is 35.5. The molecule has 0 aliphatic carbocycles. The molecule has 1 aromatic heterocycles. The molecule has 1 aliphatic heterocycles. The van der Waals surface area contributed by atoms with Crippen molar-refractivity contribution in [3.8, 4) is 0 Å². The summed E-state index contributed by atoms with van der Waals surface area (Å²) in [6.07, 6.45) is 0.266.